The Bertz CT molecular complexity index is 1210. The number of ether oxygens (including phenoxy) is 3. The fourth-order valence-corrected chi connectivity index (χ4v) is 5.15. The Hall–Kier alpha value is -2.68. The number of aromatic nitrogens is 1. The largest absolute Gasteiger partial charge is 0.497 e. The smallest absolute Gasteiger partial charge is 0.309 e. The Balaban J connectivity index is 1.57. The fourth-order valence-electron chi connectivity index (χ4n) is 4.69. The second kappa shape index (κ2) is 11.6. The van der Waals surface area contributed by atoms with E-state index in [-0.39, 0.29) is 29.7 Å². The molecule has 0 N–H and O–H groups in total. The highest BCUT2D eigenvalue weighted by Crippen LogP contribution is 2.48. The SMILES string of the molecule is CCC(Oc1cc([C@H](C2CC2)[C@H](C)C(=O)OC)ccc1I)c1ccc(-c2cc(OC)ccc2F)cn1. The molecule has 3 atom stereocenters. The van der Waals surface area contributed by atoms with Gasteiger partial charge in [0.15, 0.2) is 0 Å². The normalized spacial score (nSPS) is 15.6. The summed E-state index contributed by atoms with van der Waals surface area (Å²) in [5, 5.41) is 0. The number of halogens is 2. The van der Waals surface area contributed by atoms with Crippen molar-refractivity contribution in [3.8, 4) is 22.6 Å². The third kappa shape index (κ3) is 5.82. The summed E-state index contributed by atoms with van der Waals surface area (Å²) in [4.78, 5) is 16.9. The number of hydrogen-bond acceptors (Lipinski definition) is 5. The second-order valence-electron chi connectivity index (χ2n) is 9.20. The van der Waals surface area contributed by atoms with Crippen molar-refractivity contribution in [2.45, 2.75) is 45.1 Å². The molecule has 36 heavy (non-hydrogen) atoms. The van der Waals surface area contributed by atoms with E-state index in [1.807, 2.05) is 32.0 Å². The summed E-state index contributed by atoms with van der Waals surface area (Å²) < 4.78 is 32.1. The van der Waals surface area contributed by atoms with Gasteiger partial charge in [0.05, 0.1) is 29.4 Å². The van der Waals surface area contributed by atoms with E-state index in [1.165, 1.54) is 13.2 Å². The zero-order chi connectivity index (χ0) is 25.8. The molecule has 4 rings (SSSR count). The van der Waals surface area contributed by atoms with E-state index in [1.54, 1.807) is 25.4 Å². The highest BCUT2D eigenvalue weighted by atomic mass is 127. The molecule has 1 heterocycles. The average Bonchev–Trinajstić information content (AvgIpc) is 3.74. The summed E-state index contributed by atoms with van der Waals surface area (Å²) >= 11 is 2.27. The molecule has 0 saturated heterocycles. The van der Waals surface area contributed by atoms with Crippen molar-refractivity contribution in [2.75, 3.05) is 14.2 Å². The van der Waals surface area contributed by atoms with Crippen LogP contribution >= 0.6 is 22.6 Å². The molecule has 0 radical (unpaired) electrons. The summed E-state index contributed by atoms with van der Waals surface area (Å²) in [6.07, 6.45) is 4.36. The van der Waals surface area contributed by atoms with Crippen molar-refractivity contribution in [3.63, 3.8) is 0 Å². The number of pyridine rings is 1. The van der Waals surface area contributed by atoms with Crippen LogP contribution in [-0.4, -0.2) is 25.2 Å². The van der Waals surface area contributed by atoms with Gasteiger partial charge in [-0.3, -0.25) is 9.78 Å². The molecule has 0 aliphatic heterocycles. The Morgan fingerprint density at radius 2 is 1.92 bits per heavy atom. The van der Waals surface area contributed by atoms with E-state index in [0.717, 1.165) is 33.4 Å². The topological polar surface area (TPSA) is 57.7 Å². The maximum atomic E-state index is 14.4. The number of rotatable bonds is 10. The first-order valence-corrected chi connectivity index (χ1v) is 13.3. The Morgan fingerprint density at radius 1 is 1.14 bits per heavy atom. The maximum absolute atomic E-state index is 14.4. The maximum Gasteiger partial charge on any atom is 0.309 e. The van der Waals surface area contributed by atoms with Gasteiger partial charge in [-0.2, -0.15) is 0 Å². The van der Waals surface area contributed by atoms with Crippen LogP contribution in [0.5, 0.6) is 11.5 Å². The molecule has 1 aromatic heterocycles. The number of carbonyl (C=O) groups is 1. The number of hydrogen-bond donors (Lipinski definition) is 0. The van der Waals surface area contributed by atoms with Gasteiger partial charge < -0.3 is 14.2 Å². The fraction of sp³-hybridized carbons (Fsp3) is 0.379. The van der Waals surface area contributed by atoms with Crippen LogP contribution in [0.2, 0.25) is 0 Å². The van der Waals surface area contributed by atoms with Gasteiger partial charge in [0.2, 0.25) is 0 Å². The molecule has 0 bridgehead atoms. The summed E-state index contributed by atoms with van der Waals surface area (Å²) in [6.45, 7) is 3.99. The molecule has 190 valence electrons. The third-order valence-electron chi connectivity index (χ3n) is 6.82. The van der Waals surface area contributed by atoms with Crippen molar-refractivity contribution >= 4 is 28.6 Å². The van der Waals surface area contributed by atoms with Crippen LogP contribution in [0, 0.1) is 21.2 Å². The third-order valence-corrected chi connectivity index (χ3v) is 7.71. The van der Waals surface area contributed by atoms with Crippen LogP contribution in [0.3, 0.4) is 0 Å². The molecule has 1 aliphatic carbocycles. The van der Waals surface area contributed by atoms with E-state index < -0.39 is 0 Å². The minimum atomic E-state index is -0.327. The minimum Gasteiger partial charge on any atom is -0.497 e. The summed E-state index contributed by atoms with van der Waals surface area (Å²) in [5.41, 5.74) is 2.98. The predicted octanol–water partition coefficient (Wildman–Crippen LogP) is 7.33. The zero-order valence-corrected chi connectivity index (χ0v) is 23.1. The molecule has 5 nitrogen and oxygen atoms in total. The molecule has 0 spiro atoms. The Kier molecular flexibility index (Phi) is 8.49. The molecule has 1 aliphatic rings. The molecule has 3 aromatic rings. The van der Waals surface area contributed by atoms with Crippen molar-refractivity contribution in [1.29, 1.82) is 0 Å². The van der Waals surface area contributed by atoms with Crippen LogP contribution < -0.4 is 9.47 Å². The summed E-state index contributed by atoms with van der Waals surface area (Å²) in [5.74, 6) is 1.22. The van der Waals surface area contributed by atoms with Gasteiger partial charge in [-0.25, -0.2) is 4.39 Å². The average molecular weight is 603 g/mol. The quantitative estimate of drug-likeness (QED) is 0.179. The minimum absolute atomic E-state index is 0.104. The zero-order valence-electron chi connectivity index (χ0n) is 21.0. The lowest BCUT2D eigenvalue weighted by molar-refractivity contribution is -0.145. The van der Waals surface area contributed by atoms with Crippen molar-refractivity contribution in [3.05, 3.63) is 75.4 Å². The monoisotopic (exact) mass is 603 g/mol. The van der Waals surface area contributed by atoms with Gasteiger partial charge in [0.25, 0.3) is 0 Å². The van der Waals surface area contributed by atoms with Crippen LogP contribution in [-0.2, 0) is 9.53 Å². The van der Waals surface area contributed by atoms with Gasteiger partial charge in [-0.1, -0.05) is 26.0 Å². The Labute approximate surface area is 225 Å². The first-order chi connectivity index (χ1) is 17.4. The molecule has 0 amide bonds. The van der Waals surface area contributed by atoms with E-state index in [0.29, 0.717) is 29.2 Å². The van der Waals surface area contributed by atoms with Crippen molar-refractivity contribution in [1.82, 2.24) is 4.98 Å². The predicted molar refractivity (Wildman–Crippen MR) is 146 cm³/mol. The lowest BCUT2D eigenvalue weighted by Crippen LogP contribution is -2.22. The van der Waals surface area contributed by atoms with Crippen LogP contribution in [0.15, 0.2) is 54.7 Å². The van der Waals surface area contributed by atoms with Gasteiger partial charge in [-0.05, 0) is 95.7 Å². The van der Waals surface area contributed by atoms with Crippen LogP contribution in [0.4, 0.5) is 4.39 Å². The van der Waals surface area contributed by atoms with Gasteiger partial charge in [0.1, 0.15) is 23.4 Å². The summed E-state index contributed by atoms with van der Waals surface area (Å²) in [7, 11) is 3.00. The van der Waals surface area contributed by atoms with Gasteiger partial charge in [0, 0.05) is 17.3 Å². The van der Waals surface area contributed by atoms with Gasteiger partial charge in [-0.15, -0.1) is 0 Å². The number of nitrogens with zero attached hydrogens (tertiary/aromatic N) is 1. The van der Waals surface area contributed by atoms with Crippen molar-refractivity contribution in [2.24, 2.45) is 11.8 Å². The molecular formula is C29H31FINO4. The van der Waals surface area contributed by atoms with E-state index in [2.05, 4.69) is 39.7 Å². The van der Waals surface area contributed by atoms with E-state index >= 15 is 0 Å². The summed E-state index contributed by atoms with van der Waals surface area (Å²) in [6, 6.07) is 14.6. The number of carbonyl (C=O) groups excluding carboxylic acids is 1. The van der Waals surface area contributed by atoms with E-state index in [9.17, 15) is 9.18 Å². The molecule has 1 saturated carbocycles. The number of methoxy groups -OCH3 is 2. The highest BCUT2D eigenvalue weighted by molar-refractivity contribution is 14.1. The Morgan fingerprint density at radius 3 is 2.53 bits per heavy atom. The lowest BCUT2D eigenvalue weighted by Gasteiger charge is -2.24. The standard InChI is InChI=1S/C29H31FINO4/c1-5-26(25-13-9-20(16-32-25)22-15-21(34-3)10-11-23(22)30)36-27-14-19(8-12-24(27)31)28(18-6-7-18)17(2)29(33)35-4/h8-18,26,28H,5-7H2,1-4H3/t17-,26?,28-/m0/s1. The second-order valence-corrected chi connectivity index (χ2v) is 10.4. The van der Waals surface area contributed by atoms with Crippen LogP contribution in [0.25, 0.3) is 11.1 Å². The first kappa shape index (κ1) is 26.4. The molecule has 7 heteroatoms. The molecule has 1 unspecified atom stereocenters. The lowest BCUT2D eigenvalue weighted by atomic mass is 9.83. The number of esters is 1. The van der Waals surface area contributed by atoms with Gasteiger partial charge >= 0.3 is 5.97 Å². The van der Waals surface area contributed by atoms with Crippen molar-refractivity contribution < 1.29 is 23.4 Å². The van der Waals surface area contributed by atoms with E-state index in [4.69, 9.17) is 14.2 Å². The molecule has 1 fully saturated rings. The number of benzene rings is 2. The van der Waals surface area contributed by atoms with Crippen LogP contribution in [0.1, 0.15) is 56.4 Å². The molecular weight excluding hydrogens is 572 g/mol. The molecule has 2 aromatic carbocycles. The first-order valence-electron chi connectivity index (χ1n) is 12.2. The highest BCUT2D eigenvalue weighted by Gasteiger charge is 2.39.